The highest BCUT2D eigenvalue weighted by molar-refractivity contribution is 6.33. The van der Waals surface area contributed by atoms with Crippen LogP contribution in [0.2, 0.25) is 0 Å². The van der Waals surface area contributed by atoms with Crippen LogP contribution in [0.5, 0.6) is 11.5 Å². The molecule has 7 rings (SSSR count). The van der Waals surface area contributed by atoms with E-state index in [1.54, 1.807) is 76.2 Å². The molecule has 3 aromatic carbocycles. The van der Waals surface area contributed by atoms with E-state index in [1.165, 1.54) is 58.4 Å². The van der Waals surface area contributed by atoms with E-state index < -0.39 is 99.9 Å². The highest BCUT2D eigenvalue weighted by atomic mass is 16.7. The van der Waals surface area contributed by atoms with Crippen molar-refractivity contribution in [3.63, 3.8) is 0 Å². The van der Waals surface area contributed by atoms with Crippen LogP contribution >= 0.6 is 0 Å². The Bertz CT molecular complexity index is 2480. The van der Waals surface area contributed by atoms with Crippen molar-refractivity contribution in [3.8, 4) is 11.5 Å². The molecule has 1 aliphatic carbocycles. The Morgan fingerprint density at radius 3 is 1.98 bits per heavy atom. The molecule has 14 heteroatoms. The van der Waals surface area contributed by atoms with Crippen molar-refractivity contribution in [3.05, 3.63) is 135 Å². The van der Waals surface area contributed by atoms with Crippen LogP contribution < -0.4 is 20.1 Å². The number of benzene rings is 3. The number of ether oxygens (including phenoxy) is 4. The van der Waals surface area contributed by atoms with Crippen LogP contribution in [0.15, 0.2) is 96.1 Å². The number of allylic oxidation sites excluding steroid dienone is 4. The summed E-state index contributed by atoms with van der Waals surface area (Å²) in [6.45, 7) is 14.8. The molecule has 5 bridgehead atoms. The first kappa shape index (κ1) is 47.3. The van der Waals surface area contributed by atoms with Crippen LogP contribution in [0.3, 0.4) is 0 Å². The van der Waals surface area contributed by atoms with Crippen molar-refractivity contribution in [1.29, 1.82) is 0 Å². The topological polar surface area (TPSA) is 207 Å². The monoisotopic (exact) mass is 876 g/mol. The fourth-order valence-electron chi connectivity index (χ4n) is 8.16. The van der Waals surface area contributed by atoms with E-state index in [0.717, 1.165) is 11.1 Å². The lowest BCUT2D eigenvalue weighted by atomic mass is 9.78. The molecule has 0 spiro atoms. The minimum atomic E-state index is -2.14. The maximum absolute atomic E-state index is 15.1. The third-order valence-corrected chi connectivity index (χ3v) is 12.5. The summed E-state index contributed by atoms with van der Waals surface area (Å²) in [5.41, 5.74) is 0.388. The lowest BCUT2D eigenvalue weighted by molar-refractivity contribution is -0.116. The number of amides is 1. The minimum Gasteiger partial charge on any atom is -0.454 e. The Morgan fingerprint density at radius 2 is 1.36 bits per heavy atom. The summed E-state index contributed by atoms with van der Waals surface area (Å²) in [7, 11) is 1.42. The maximum Gasteiger partial charge on any atom is 0.343 e. The lowest BCUT2D eigenvalue weighted by Crippen LogP contribution is -2.45. The van der Waals surface area contributed by atoms with E-state index in [-0.39, 0.29) is 39.5 Å². The number of Topliss-reactive ketones (excluding diaryl/α,β-unsaturated/α-hetero) is 3. The lowest BCUT2D eigenvalue weighted by Gasteiger charge is -2.36. The third kappa shape index (κ3) is 9.09. The zero-order chi connectivity index (χ0) is 46.9. The fraction of sp³-hybridized carbons (Fsp3) is 0.380. The summed E-state index contributed by atoms with van der Waals surface area (Å²) >= 11 is 0. The van der Waals surface area contributed by atoms with Gasteiger partial charge < -0.3 is 44.9 Å². The highest BCUT2D eigenvalue weighted by Crippen LogP contribution is 2.49. The second kappa shape index (κ2) is 18.9. The van der Waals surface area contributed by atoms with Crippen molar-refractivity contribution in [2.45, 2.75) is 92.5 Å². The van der Waals surface area contributed by atoms with Gasteiger partial charge in [-0.2, -0.15) is 0 Å². The number of hydrogen-bond acceptors (Lipinski definition) is 13. The quantitative estimate of drug-likeness (QED) is 0.135. The smallest absolute Gasteiger partial charge is 0.343 e. The number of esters is 1. The van der Waals surface area contributed by atoms with Gasteiger partial charge >= 0.3 is 11.8 Å². The molecule has 3 aliphatic heterocycles. The molecule has 0 unspecified atom stereocenters. The minimum absolute atomic E-state index is 0.0250. The zero-order valence-electron chi connectivity index (χ0n) is 37.6. The van der Waals surface area contributed by atoms with Crippen LogP contribution in [0.25, 0.3) is 0 Å². The van der Waals surface area contributed by atoms with Gasteiger partial charge in [-0.05, 0) is 58.0 Å². The summed E-state index contributed by atoms with van der Waals surface area (Å²) in [6.07, 6.45) is 3.15. The van der Waals surface area contributed by atoms with Crippen LogP contribution in [-0.4, -0.2) is 81.9 Å². The standard InChI is InChI=1S/C50H56N2O12/c1-24-14-18-32(19-15-24)49(60)63-45-31(8)46-37-35-36(45)44(57)39(38(43(35)56)51-33-20-16-25(2)17-21-33)52-48(59)27(4)13-11-12-26(3)40(53)29(6)42(55)30(7)41(54)28(5)34(61-10)22-23-62-50(9,64-46)47(37)58/h11-23,26,28-30,34,40-42,51,53-55H,1-10H3,(H,52,59)/t26-,28+,29+,30+,34-,40-,41+,42-,50-/m0/s1. The second-order valence-electron chi connectivity index (χ2n) is 17.2. The van der Waals surface area contributed by atoms with Crippen molar-refractivity contribution < 1.29 is 58.2 Å². The van der Waals surface area contributed by atoms with E-state index >= 15 is 9.59 Å². The van der Waals surface area contributed by atoms with E-state index in [0.29, 0.717) is 5.69 Å². The molecule has 0 radical (unpaired) electrons. The normalized spacial score (nSPS) is 27.7. The Labute approximate surface area is 372 Å². The number of nitrogens with one attached hydrogen (secondary N) is 2. The molecule has 3 heterocycles. The molecule has 14 nitrogen and oxygen atoms in total. The summed E-state index contributed by atoms with van der Waals surface area (Å²) in [5.74, 6) is -9.59. The van der Waals surface area contributed by atoms with Crippen LogP contribution in [0.4, 0.5) is 5.69 Å². The van der Waals surface area contributed by atoms with Crippen molar-refractivity contribution in [2.75, 3.05) is 12.4 Å². The number of carbonyl (C=O) groups is 5. The number of carbonyl (C=O) groups excluding carboxylic acids is 5. The van der Waals surface area contributed by atoms with Gasteiger partial charge in [0.05, 0.1) is 52.9 Å². The maximum atomic E-state index is 15.1. The SMILES string of the molecule is CO[C@H]1C=CO[C@@]2(C)Oc3c(C)c(OC(=O)c4ccc(C)cc4)c4c(c3C2=O)C(=O)C(Nc2ccc(C)cc2)=C(NC(=O)C(C)=CC=C[C@H](C)[C@H](O)[C@@H](C)[C@H](O)[C@H](C)[C@H](O)[C@@H]1C)C4=O. The van der Waals surface area contributed by atoms with Gasteiger partial charge in [0.25, 0.3) is 11.7 Å². The molecular formula is C50H56N2O12. The second-order valence-corrected chi connectivity index (χ2v) is 17.2. The zero-order valence-corrected chi connectivity index (χ0v) is 37.6. The molecule has 0 saturated carbocycles. The summed E-state index contributed by atoms with van der Waals surface area (Å²) in [5, 5.41) is 39.7. The predicted octanol–water partition coefficient (Wildman–Crippen LogP) is 6.63. The molecule has 0 saturated heterocycles. The molecule has 0 fully saturated rings. The molecule has 338 valence electrons. The van der Waals surface area contributed by atoms with Gasteiger partial charge in [0.2, 0.25) is 11.6 Å². The Morgan fingerprint density at radius 1 is 0.766 bits per heavy atom. The third-order valence-electron chi connectivity index (χ3n) is 12.5. The molecule has 9 atom stereocenters. The number of ketones is 3. The fourth-order valence-corrected chi connectivity index (χ4v) is 8.16. The van der Waals surface area contributed by atoms with Crippen molar-refractivity contribution in [2.24, 2.45) is 23.7 Å². The van der Waals surface area contributed by atoms with Gasteiger partial charge in [-0.25, -0.2) is 4.79 Å². The molecule has 5 N–H and O–H groups in total. The first-order chi connectivity index (χ1) is 30.2. The predicted molar refractivity (Wildman–Crippen MR) is 238 cm³/mol. The number of anilines is 1. The molecule has 3 aromatic rings. The van der Waals surface area contributed by atoms with Gasteiger partial charge in [0.1, 0.15) is 22.9 Å². The number of aryl methyl sites for hydroxylation is 2. The van der Waals surface area contributed by atoms with E-state index in [1.807, 2.05) is 13.8 Å². The van der Waals surface area contributed by atoms with Gasteiger partial charge in [0, 0.05) is 54.5 Å². The van der Waals surface area contributed by atoms with E-state index in [2.05, 4.69) is 10.6 Å². The van der Waals surface area contributed by atoms with Gasteiger partial charge in [-0.3, -0.25) is 19.2 Å². The first-order valence-corrected chi connectivity index (χ1v) is 21.2. The Kier molecular flexibility index (Phi) is 14.0. The summed E-state index contributed by atoms with van der Waals surface area (Å²) < 4.78 is 24.0. The number of rotatable bonds is 5. The molecule has 1 amide bonds. The number of fused-ring (bicyclic) bond motifs is 14. The molecule has 4 aliphatic rings. The summed E-state index contributed by atoms with van der Waals surface area (Å²) in [6, 6.07) is 13.4. The van der Waals surface area contributed by atoms with Crippen LogP contribution in [-0.2, 0) is 14.3 Å². The van der Waals surface area contributed by atoms with E-state index in [4.69, 9.17) is 18.9 Å². The molecule has 0 aromatic heterocycles. The number of methoxy groups -OCH3 is 1. The average molecular weight is 877 g/mol. The highest BCUT2D eigenvalue weighted by Gasteiger charge is 2.53. The summed E-state index contributed by atoms with van der Waals surface area (Å²) in [4.78, 5) is 72.7. The van der Waals surface area contributed by atoms with Crippen LogP contribution in [0.1, 0.15) is 99.7 Å². The van der Waals surface area contributed by atoms with Gasteiger partial charge in [0.15, 0.2) is 0 Å². The van der Waals surface area contributed by atoms with Crippen molar-refractivity contribution in [1.82, 2.24) is 5.32 Å². The van der Waals surface area contributed by atoms with Crippen molar-refractivity contribution >= 4 is 34.9 Å². The number of hydrogen-bond donors (Lipinski definition) is 5. The van der Waals surface area contributed by atoms with Gasteiger partial charge in [-0.15, -0.1) is 0 Å². The Hall–Kier alpha value is -6.19. The van der Waals surface area contributed by atoms with E-state index in [9.17, 15) is 29.7 Å². The Balaban J connectivity index is 1.56. The molecular weight excluding hydrogens is 821 g/mol. The number of aliphatic hydroxyl groups is 3. The largest absolute Gasteiger partial charge is 0.454 e. The number of aliphatic hydroxyl groups excluding tert-OH is 3. The molecule has 64 heavy (non-hydrogen) atoms. The first-order valence-electron chi connectivity index (χ1n) is 21.2. The average Bonchev–Trinajstić information content (AvgIpc) is 3.54. The van der Waals surface area contributed by atoms with Crippen LogP contribution in [0, 0.1) is 44.4 Å². The van der Waals surface area contributed by atoms with Gasteiger partial charge in [-0.1, -0.05) is 81.3 Å².